The fraction of sp³-hybridized carbons (Fsp3) is 0.286. The second-order valence-electron chi connectivity index (χ2n) is 7.54. The highest BCUT2D eigenvalue weighted by Gasteiger charge is 2.27. The summed E-state index contributed by atoms with van der Waals surface area (Å²) in [5.41, 5.74) is 2.70. The van der Waals surface area contributed by atoms with Crippen molar-refractivity contribution < 1.29 is 22.8 Å². The fourth-order valence-electron chi connectivity index (χ4n) is 3.37. The molecule has 0 saturated carbocycles. The van der Waals surface area contributed by atoms with Gasteiger partial charge in [-0.3, -0.25) is 14.4 Å². The maximum atomic E-state index is 13.2. The number of hydrogen-bond donors (Lipinski definition) is 2. The Kier molecular flexibility index (Phi) is 6.14. The van der Waals surface area contributed by atoms with Crippen molar-refractivity contribution in [2.75, 3.05) is 24.7 Å². The van der Waals surface area contributed by atoms with Gasteiger partial charge in [0, 0.05) is 58.0 Å². The Morgan fingerprint density at radius 1 is 0.871 bits per heavy atom. The van der Waals surface area contributed by atoms with Gasteiger partial charge in [-0.05, 0) is 41.5 Å². The third-order valence-corrected chi connectivity index (χ3v) is 6.60. The SMILES string of the molecule is CC(=O)Nc1cc(NC(C)=O)cc(C(=O)N2Cc3ccc(S(=O)(=O)N(C)C)cc3C2)c1. The summed E-state index contributed by atoms with van der Waals surface area (Å²) < 4.78 is 25.9. The van der Waals surface area contributed by atoms with Crippen molar-refractivity contribution in [3.8, 4) is 0 Å². The van der Waals surface area contributed by atoms with Gasteiger partial charge in [0.05, 0.1) is 4.90 Å². The molecule has 1 heterocycles. The zero-order valence-electron chi connectivity index (χ0n) is 17.7. The van der Waals surface area contributed by atoms with Crippen LogP contribution in [-0.4, -0.2) is 49.4 Å². The van der Waals surface area contributed by atoms with Crippen LogP contribution < -0.4 is 10.6 Å². The minimum absolute atomic E-state index is 0.172. The third-order valence-electron chi connectivity index (χ3n) is 4.79. The second kappa shape index (κ2) is 8.48. The van der Waals surface area contributed by atoms with Gasteiger partial charge in [-0.1, -0.05) is 6.07 Å². The molecule has 0 fully saturated rings. The van der Waals surface area contributed by atoms with Crippen LogP contribution >= 0.6 is 0 Å². The summed E-state index contributed by atoms with van der Waals surface area (Å²) in [6, 6.07) is 9.49. The average Bonchev–Trinajstić information content (AvgIpc) is 3.09. The number of anilines is 2. The number of nitrogens with one attached hydrogen (secondary N) is 2. The second-order valence-corrected chi connectivity index (χ2v) is 9.69. The Bertz CT molecular complexity index is 1140. The molecule has 3 rings (SSSR count). The van der Waals surface area contributed by atoms with Crippen LogP contribution in [0.15, 0.2) is 41.3 Å². The summed E-state index contributed by atoms with van der Waals surface area (Å²) in [7, 11) is -0.642. The van der Waals surface area contributed by atoms with E-state index in [4.69, 9.17) is 0 Å². The van der Waals surface area contributed by atoms with E-state index in [-0.39, 0.29) is 29.2 Å². The molecule has 0 radical (unpaired) electrons. The number of nitrogens with zero attached hydrogens (tertiary/aromatic N) is 2. The molecular formula is C21H24N4O5S. The van der Waals surface area contributed by atoms with Crippen LogP contribution in [0.2, 0.25) is 0 Å². The molecule has 0 atom stereocenters. The molecule has 2 aromatic carbocycles. The molecule has 9 nitrogen and oxygen atoms in total. The van der Waals surface area contributed by atoms with Gasteiger partial charge in [-0.2, -0.15) is 0 Å². The van der Waals surface area contributed by atoms with E-state index in [1.165, 1.54) is 34.0 Å². The van der Waals surface area contributed by atoms with Gasteiger partial charge in [-0.25, -0.2) is 12.7 Å². The smallest absolute Gasteiger partial charge is 0.254 e. The van der Waals surface area contributed by atoms with E-state index in [1.807, 2.05) is 0 Å². The first-order valence-electron chi connectivity index (χ1n) is 9.51. The van der Waals surface area contributed by atoms with E-state index >= 15 is 0 Å². The quantitative estimate of drug-likeness (QED) is 0.732. The lowest BCUT2D eigenvalue weighted by atomic mass is 10.1. The van der Waals surface area contributed by atoms with Gasteiger partial charge in [0.2, 0.25) is 21.8 Å². The van der Waals surface area contributed by atoms with Gasteiger partial charge in [-0.15, -0.1) is 0 Å². The lowest BCUT2D eigenvalue weighted by molar-refractivity contribution is -0.115. The lowest BCUT2D eigenvalue weighted by Crippen LogP contribution is -2.25. The zero-order valence-corrected chi connectivity index (χ0v) is 18.5. The van der Waals surface area contributed by atoms with Gasteiger partial charge in [0.25, 0.3) is 5.91 Å². The van der Waals surface area contributed by atoms with Crippen molar-refractivity contribution in [3.05, 3.63) is 53.1 Å². The first-order valence-corrected chi connectivity index (χ1v) is 11.0. The topological polar surface area (TPSA) is 116 Å². The molecular weight excluding hydrogens is 420 g/mol. The van der Waals surface area contributed by atoms with Gasteiger partial charge in [0.1, 0.15) is 0 Å². The predicted octanol–water partition coefficient (Wildman–Crippen LogP) is 2.01. The molecule has 31 heavy (non-hydrogen) atoms. The van der Waals surface area contributed by atoms with Gasteiger partial charge in [0.15, 0.2) is 0 Å². The Morgan fingerprint density at radius 2 is 1.42 bits per heavy atom. The van der Waals surface area contributed by atoms with Crippen molar-refractivity contribution >= 4 is 39.1 Å². The Balaban J connectivity index is 1.89. The van der Waals surface area contributed by atoms with Crippen molar-refractivity contribution in [2.45, 2.75) is 31.8 Å². The van der Waals surface area contributed by atoms with E-state index in [2.05, 4.69) is 10.6 Å². The maximum absolute atomic E-state index is 13.2. The number of carbonyl (C=O) groups is 3. The molecule has 0 unspecified atom stereocenters. The van der Waals surface area contributed by atoms with Gasteiger partial charge < -0.3 is 15.5 Å². The Morgan fingerprint density at radius 3 is 1.94 bits per heavy atom. The zero-order chi connectivity index (χ0) is 22.9. The van der Waals surface area contributed by atoms with E-state index in [0.29, 0.717) is 23.5 Å². The molecule has 1 aliphatic rings. The molecule has 164 valence electrons. The number of carbonyl (C=O) groups excluding carboxylic acids is 3. The van der Waals surface area contributed by atoms with Crippen molar-refractivity contribution in [1.82, 2.24) is 9.21 Å². The minimum atomic E-state index is -3.57. The molecule has 3 amide bonds. The molecule has 0 bridgehead atoms. The molecule has 1 aliphatic heterocycles. The summed E-state index contributed by atoms with van der Waals surface area (Å²) in [6.45, 7) is 3.28. The Labute approximate surface area is 181 Å². The summed E-state index contributed by atoms with van der Waals surface area (Å²) in [5.74, 6) is -0.907. The van der Waals surface area contributed by atoms with Crippen LogP contribution in [0.3, 0.4) is 0 Å². The first kappa shape index (κ1) is 22.4. The number of sulfonamides is 1. The van der Waals surface area contributed by atoms with E-state index in [9.17, 15) is 22.8 Å². The molecule has 2 aromatic rings. The average molecular weight is 445 g/mol. The summed E-state index contributed by atoms with van der Waals surface area (Å²) in [4.78, 5) is 37.8. The highest BCUT2D eigenvalue weighted by atomic mass is 32.2. The molecule has 10 heteroatoms. The van der Waals surface area contributed by atoms with Crippen LogP contribution in [-0.2, 0) is 32.7 Å². The van der Waals surface area contributed by atoms with Gasteiger partial charge >= 0.3 is 0 Å². The standard InChI is InChI=1S/C21H24N4O5S/c1-13(26)22-18-7-16(8-19(10-18)23-14(2)27)21(28)25-11-15-5-6-20(9-17(15)12-25)31(29,30)24(3)4/h5-10H,11-12H2,1-4H3,(H,22,26)(H,23,27). The molecule has 0 spiro atoms. The summed E-state index contributed by atoms with van der Waals surface area (Å²) in [6.07, 6.45) is 0. The number of amides is 3. The van der Waals surface area contributed by atoms with E-state index in [0.717, 1.165) is 15.4 Å². The number of rotatable bonds is 5. The van der Waals surface area contributed by atoms with E-state index < -0.39 is 10.0 Å². The van der Waals surface area contributed by atoms with Crippen LogP contribution in [0.25, 0.3) is 0 Å². The molecule has 0 aromatic heterocycles. The highest BCUT2D eigenvalue weighted by molar-refractivity contribution is 7.89. The monoisotopic (exact) mass is 444 g/mol. The Hall–Kier alpha value is -3.24. The number of benzene rings is 2. The van der Waals surface area contributed by atoms with Crippen LogP contribution in [0.1, 0.15) is 35.3 Å². The number of hydrogen-bond acceptors (Lipinski definition) is 5. The van der Waals surface area contributed by atoms with Crippen molar-refractivity contribution in [3.63, 3.8) is 0 Å². The first-order chi connectivity index (χ1) is 14.5. The fourth-order valence-corrected chi connectivity index (χ4v) is 4.32. The largest absolute Gasteiger partial charge is 0.330 e. The summed E-state index contributed by atoms with van der Waals surface area (Å²) in [5, 5.41) is 5.25. The van der Waals surface area contributed by atoms with Crippen molar-refractivity contribution in [1.29, 1.82) is 0 Å². The normalized spacial score (nSPS) is 13.1. The van der Waals surface area contributed by atoms with Crippen molar-refractivity contribution in [2.24, 2.45) is 0 Å². The summed E-state index contributed by atoms with van der Waals surface area (Å²) >= 11 is 0. The predicted molar refractivity (Wildman–Crippen MR) is 116 cm³/mol. The minimum Gasteiger partial charge on any atom is -0.330 e. The van der Waals surface area contributed by atoms with Crippen LogP contribution in [0.4, 0.5) is 11.4 Å². The molecule has 0 saturated heterocycles. The van der Waals surface area contributed by atoms with Crippen LogP contribution in [0.5, 0.6) is 0 Å². The number of fused-ring (bicyclic) bond motifs is 1. The third kappa shape index (κ3) is 4.92. The molecule has 0 aliphatic carbocycles. The maximum Gasteiger partial charge on any atom is 0.254 e. The van der Waals surface area contributed by atoms with Crippen LogP contribution in [0, 0.1) is 0 Å². The molecule has 2 N–H and O–H groups in total. The highest BCUT2D eigenvalue weighted by Crippen LogP contribution is 2.29. The lowest BCUT2D eigenvalue weighted by Gasteiger charge is -2.17. The van der Waals surface area contributed by atoms with E-state index in [1.54, 1.807) is 35.2 Å².